The normalized spacial score (nSPS) is 11.8. The SMILES string of the molecule is CCCCCC(/C=C/c1ccccc1)=C\C(=O)OC. The van der Waals surface area contributed by atoms with Crippen molar-refractivity contribution in [2.24, 2.45) is 0 Å². The largest absolute Gasteiger partial charge is 0.466 e. The molecule has 0 aliphatic carbocycles. The van der Waals surface area contributed by atoms with Crippen LogP contribution in [0.1, 0.15) is 38.2 Å². The highest BCUT2D eigenvalue weighted by molar-refractivity contribution is 5.83. The van der Waals surface area contributed by atoms with Crippen LogP contribution in [0.4, 0.5) is 0 Å². The Balaban J connectivity index is 2.70. The van der Waals surface area contributed by atoms with Gasteiger partial charge < -0.3 is 4.74 Å². The monoisotopic (exact) mass is 258 g/mol. The summed E-state index contributed by atoms with van der Waals surface area (Å²) in [4.78, 5) is 11.3. The molecule has 2 heteroatoms. The van der Waals surface area contributed by atoms with Gasteiger partial charge in [0.25, 0.3) is 0 Å². The molecule has 19 heavy (non-hydrogen) atoms. The Morgan fingerprint density at radius 1 is 1.21 bits per heavy atom. The molecule has 0 saturated carbocycles. The molecule has 0 fully saturated rings. The first kappa shape index (κ1) is 15.2. The second kappa shape index (κ2) is 9.15. The fraction of sp³-hybridized carbons (Fsp3) is 0.353. The van der Waals surface area contributed by atoms with Crippen LogP contribution in [0.15, 0.2) is 48.1 Å². The molecule has 1 rings (SSSR count). The Kier molecular flexibility index (Phi) is 7.33. The highest BCUT2D eigenvalue weighted by Gasteiger charge is 1.99. The minimum atomic E-state index is -0.288. The first-order chi connectivity index (χ1) is 9.26. The third-order valence-electron chi connectivity index (χ3n) is 2.86. The van der Waals surface area contributed by atoms with Gasteiger partial charge >= 0.3 is 5.97 Å². The van der Waals surface area contributed by atoms with Crippen molar-refractivity contribution < 1.29 is 9.53 Å². The van der Waals surface area contributed by atoms with E-state index < -0.39 is 0 Å². The zero-order chi connectivity index (χ0) is 13.9. The number of esters is 1. The molecule has 0 amide bonds. The predicted molar refractivity (Wildman–Crippen MR) is 79.7 cm³/mol. The molecule has 0 aliphatic rings. The molecule has 0 heterocycles. The molecule has 102 valence electrons. The number of allylic oxidation sites excluding steroid dienone is 2. The smallest absolute Gasteiger partial charge is 0.330 e. The molecule has 0 atom stereocenters. The van der Waals surface area contributed by atoms with Crippen molar-refractivity contribution in [2.75, 3.05) is 7.11 Å². The van der Waals surface area contributed by atoms with Crippen LogP contribution in [0, 0.1) is 0 Å². The summed E-state index contributed by atoms with van der Waals surface area (Å²) in [5.41, 5.74) is 2.15. The van der Waals surface area contributed by atoms with Gasteiger partial charge in [0, 0.05) is 6.08 Å². The van der Waals surface area contributed by atoms with Crippen LogP contribution >= 0.6 is 0 Å². The van der Waals surface area contributed by atoms with Gasteiger partial charge in [-0.05, 0) is 24.0 Å². The van der Waals surface area contributed by atoms with E-state index in [0.29, 0.717) is 0 Å². The quantitative estimate of drug-likeness (QED) is 0.314. The maximum atomic E-state index is 11.3. The van der Waals surface area contributed by atoms with Crippen LogP contribution in [0.5, 0.6) is 0 Å². The number of carbonyl (C=O) groups is 1. The highest BCUT2D eigenvalue weighted by atomic mass is 16.5. The van der Waals surface area contributed by atoms with Crippen LogP contribution in [0.25, 0.3) is 6.08 Å². The van der Waals surface area contributed by atoms with Gasteiger partial charge in [0.15, 0.2) is 0 Å². The van der Waals surface area contributed by atoms with Gasteiger partial charge in [-0.15, -0.1) is 0 Å². The molecule has 2 nitrogen and oxygen atoms in total. The molecule has 1 aromatic rings. The van der Waals surface area contributed by atoms with E-state index >= 15 is 0 Å². The molecule has 0 saturated heterocycles. The average molecular weight is 258 g/mol. The van der Waals surface area contributed by atoms with Crippen molar-refractivity contribution in [3.05, 3.63) is 53.6 Å². The maximum absolute atomic E-state index is 11.3. The van der Waals surface area contributed by atoms with E-state index in [1.165, 1.54) is 20.0 Å². The van der Waals surface area contributed by atoms with Crippen LogP contribution in [-0.4, -0.2) is 13.1 Å². The summed E-state index contributed by atoms with van der Waals surface area (Å²) in [7, 11) is 1.41. The summed E-state index contributed by atoms with van der Waals surface area (Å²) in [6, 6.07) is 10.1. The summed E-state index contributed by atoms with van der Waals surface area (Å²) >= 11 is 0. The zero-order valence-corrected chi connectivity index (χ0v) is 11.8. The summed E-state index contributed by atoms with van der Waals surface area (Å²) in [6.07, 6.45) is 9.97. The summed E-state index contributed by atoms with van der Waals surface area (Å²) < 4.78 is 4.69. The summed E-state index contributed by atoms with van der Waals surface area (Å²) in [5, 5.41) is 0. The van der Waals surface area contributed by atoms with Crippen molar-refractivity contribution >= 4 is 12.0 Å². The summed E-state index contributed by atoms with van der Waals surface area (Å²) in [6.45, 7) is 2.17. The van der Waals surface area contributed by atoms with E-state index in [0.717, 1.165) is 24.0 Å². The van der Waals surface area contributed by atoms with Crippen molar-refractivity contribution in [1.29, 1.82) is 0 Å². The number of hydrogen-bond donors (Lipinski definition) is 0. The number of ether oxygens (including phenoxy) is 1. The van der Waals surface area contributed by atoms with Crippen LogP contribution < -0.4 is 0 Å². The topological polar surface area (TPSA) is 26.3 Å². The number of rotatable bonds is 7. The third kappa shape index (κ3) is 6.61. The fourth-order valence-electron chi connectivity index (χ4n) is 1.76. The van der Waals surface area contributed by atoms with E-state index in [9.17, 15) is 4.79 Å². The second-order valence-electron chi connectivity index (χ2n) is 4.44. The van der Waals surface area contributed by atoms with E-state index in [1.807, 2.05) is 42.5 Å². The lowest BCUT2D eigenvalue weighted by atomic mass is 10.1. The Hall–Kier alpha value is -1.83. The van der Waals surface area contributed by atoms with E-state index in [2.05, 4.69) is 11.7 Å². The van der Waals surface area contributed by atoms with Crippen LogP contribution in [-0.2, 0) is 9.53 Å². The van der Waals surface area contributed by atoms with Crippen LogP contribution in [0.3, 0.4) is 0 Å². The Morgan fingerprint density at radius 2 is 1.95 bits per heavy atom. The Bertz CT molecular complexity index is 430. The van der Waals surface area contributed by atoms with Crippen molar-refractivity contribution in [2.45, 2.75) is 32.6 Å². The lowest BCUT2D eigenvalue weighted by Crippen LogP contribution is -1.96. The fourth-order valence-corrected chi connectivity index (χ4v) is 1.76. The Morgan fingerprint density at radius 3 is 2.58 bits per heavy atom. The molecule has 0 unspecified atom stereocenters. The lowest BCUT2D eigenvalue weighted by molar-refractivity contribution is -0.134. The van der Waals surface area contributed by atoms with Gasteiger partial charge in [-0.3, -0.25) is 0 Å². The van der Waals surface area contributed by atoms with Gasteiger partial charge in [-0.25, -0.2) is 4.79 Å². The maximum Gasteiger partial charge on any atom is 0.330 e. The van der Waals surface area contributed by atoms with Gasteiger partial charge in [0.05, 0.1) is 7.11 Å². The molecule has 0 N–H and O–H groups in total. The van der Waals surface area contributed by atoms with E-state index in [1.54, 1.807) is 6.08 Å². The molecule has 0 radical (unpaired) electrons. The van der Waals surface area contributed by atoms with E-state index in [-0.39, 0.29) is 5.97 Å². The average Bonchev–Trinajstić information content (AvgIpc) is 2.45. The van der Waals surface area contributed by atoms with Crippen molar-refractivity contribution in [1.82, 2.24) is 0 Å². The third-order valence-corrected chi connectivity index (χ3v) is 2.86. The molecular weight excluding hydrogens is 236 g/mol. The summed E-state index contributed by atoms with van der Waals surface area (Å²) in [5.74, 6) is -0.288. The molecule has 1 aromatic carbocycles. The van der Waals surface area contributed by atoms with Gasteiger partial charge in [-0.2, -0.15) is 0 Å². The standard InChI is InChI=1S/C17H22O2/c1-3-4-6-11-16(14-17(18)19-2)13-12-15-9-7-5-8-10-15/h5,7-10,12-14H,3-4,6,11H2,1-2H3/b13-12+,16-14+. The lowest BCUT2D eigenvalue weighted by Gasteiger charge is -2.02. The number of hydrogen-bond acceptors (Lipinski definition) is 2. The molecular formula is C17H22O2. The van der Waals surface area contributed by atoms with Crippen LogP contribution in [0.2, 0.25) is 0 Å². The first-order valence-corrected chi connectivity index (χ1v) is 6.78. The number of methoxy groups -OCH3 is 1. The second-order valence-corrected chi connectivity index (χ2v) is 4.44. The molecule has 0 aromatic heterocycles. The van der Waals surface area contributed by atoms with Gasteiger partial charge in [-0.1, -0.05) is 62.2 Å². The number of carbonyl (C=O) groups excluding carboxylic acids is 1. The first-order valence-electron chi connectivity index (χ1n) is 6.78. The predicted octanol–water partition coefficient (Wildman–Crippen LogP) is 4.38. The molecule has 0 spiro atoms. The van der Waals surface area contributed by atoms with Crippen molar-refractivity contribution in [3.8, 4) is 0 Å². The number of unbranched alkanes of at least 4 members (excludes halogenated alkanes) is 2. The van der Waals surface area contributed by atoms with Gasteiger partial charge in [0.2, 0.25) is 0 Å². The zero-order valence-electron chi connectivity index (χ0n) is 11.8. The molecule has 0 aliphatic heterocycles. The Labute approximate surface area is 115 Å². The van der Waals surface area contributed by atoms with E-state index in [4.69, 9.17) is 0 Å². The minimum Gasteiger partial charge on any atom is -0.466 e. The molecule has 0 bridgehead atoms. The minimum absolute atomic E-state index is 0.288. The highest BCUT2D eigenvalue weighted by Crippen LogP contribution is 2.13. The van der Waals surface area contributed by atoms with Crippen molar-refractivity contribution in [3.63, 3.8) is 0 Å². The number of benzene rings is 1. The van der Waals surface area contributed by atoms with Gasteiger partial charge in [0.1, 0.15) is 0 Å².